The molecule has 44 heavy (non-hydrogen) atoms. The van der Waals surface area contributed by atoms with Crippen molar-refractivity contribution in [3.8, 4) is 5.75 Å². The third-order valence-electron chi connectivity index (χ3n) is 6.42. The molecule has 0 aliphatic rings. The smallest absolute Gasteiger partial charge is 0.328 e. The van der Waals surface area contributed by atoms with Gasteiger partial charge in [0.2, 0.25) is 17.7 Å². The lowest BCUT2D eigenvalue weighted by atomic mass is 10.0. The van der Waals surface area contributed by atoms with Gasteiger partial charge in [0.05, 0.1) is 30.0 Å². The molecule has 0 saturated heterocycles. The molecule has 238 valence electrons. The number of unbranched alkanes of at least 4 members (excludes halogenated alkanes) is 1. The number of methoxy groups -OCH3 is 1. The fourth-order valence-corrected chi connectivity index (χ4v) is 4.43. The van der Waals surface area contributed by atoms with E-state index in [2.05, 4.69) is 31.1 Å². The number of hydrogen-bond donors (Lipinski definition) is 5. The number of rotatable bonds is 18. The van der Waals surface area contributed by atoms with E-state index >= 15 is 0 Å². The first kappa shape index (κ1) is 36.1. The van der Waals surface area contributed by atoms with Gasteiger partial charge in [0, 0.05) is 26.3 Å². The summed E-state index contributed by atoms with van der Waals surface area (Å²) >= 11 is 1.88. The summed E-state index contributed by atoms with van der Waals surface area (Å²) in [6.07, 6.45) is 3.40. The van der Waals surface area contributed by atoms with E-state index in [0.717, 1.165) is 11.1 Å². The Morgan fingerprint density at radius 1 is 0.909 bits per heavy atom. The van der Waals surface area contributed by atoms with E-state index in [1.165, 1.54) is 14.0 Å². The second-order valence-corrected chi connectivity index (χ2v) is 10.4. The van der Waals surface area contributed by atoms with Crippen molar-refractivity contribution in [3.63, 3.8) is 0 Å². The molecule has 3 atom stereocenters. The number of nitrogens with zero attached hydrogens (tertiary/aromatic N) is 1. The zero-order valence-corrected chi connectivity index (χ0v) is 27.2. The van der Waals surface area contributed by atoms with Gasteiger partial charge in [-0.2, -0.15) is 0 Å². The number of carbonyl (C=O) groups is 4. The minimum absolute atomic E-state index is 0.178. The average Bonchev–Trinajstić information content (AvgIpc) is 3.02. The third kappa shape index (κ3) is 13.4. The second kappa shape index (κ2) is 19.9. The normalized spacial score (nSPS) is 13.0. The number of esters is 1. The lowest BCUT2D eigenvalue weighted by Crippen LogP contribution is -2.56. The zero-order chi connectivity index (χ0) is 32.3. The van der Waals surface area contributed by atoms with E-state index in [9.17, 15) is 19.2 Å². The summed E-state index contributed by atoms with van der Waals surface area (Å²) in [6.45, 7) is 5.72. The summed E-state index contributed by atoms with van der Waals surface area (Å²) in [5.41, 5.74) is 7.28. The molecule has 0 aliphatic carbocycles. The van der Waals surface area contributed by atoms with Crippen LogP contribution < -0.4 is 30.0 Å². The highest BCUT2D eigenvalue weighted by atomic mass is 127. The summed E-state index contributed by atoms with van der Waals surface area (Å²) in [5, 5.41) is 8.22. The van der Waals surface area contributed by atoms with E-state index in [4.69, 9.17) is 15.2 Å². The molecule has 0 heterocycles. The molecule has 0 spiro atoms. The zero-order valence-electron chi connectivity index (χ0n) is 25.0. The largest absolute Gasteiger partial charge is 0.490 e. The predicted molar refractivity (Wildman–Crippen MR) is 177 cm³/mol. The molecule has 0 saturated carbocycles. The van der Waals surface area contributed by atoms with Crippen molar-refractivity contribution in [1.29, 1.82) is 0 Å². The van der Waals surface area contributed by atoms with Crippen LogP contribution in [-0.2, 0) is 36.8 Å². The van der Waals surface area contributed by atoms with Gasteiger partial charge < -0.3 is 31.2 Å². The molecule has 2 rings (SSSR count). The minimum Gasteiger partial charge on any atom is -0.490 e. The van der Waals surface area contributed by atoms with Gasteiger partial charge in [0.25, 0.3) is 0 Å². The molecule has 2 aromatic carbocycles. The van der Waals surface area contributed by atoms with Crippen molar-refractivity contribution in [3.05, 3.63) is 78.4 Å². The van der Waals surface area contributed by atoms with Crippen LogP contribution in [0.5, 0.6) is 5.75 Å². The number of halogens is 1. The molecular weight excluding hydrogens is 679 g/mol. The number of hydrogen-bond acceptors (Lipinski definition) is 7. The molecule has 13 heteroatoms. The quantitative estimate of drug-likeness (QED) is 0.0296. The van der Waals surface area contributed by atoms with E-state index in [0.29, 0.717) is 31.7 Å². The van der Waals surface area contributed by atoms with Gasteiger partial charge in [-0.25, -0.2) is 4.79 Å². The van der Waals surface area contributed by atoms with Crippen LogP contribution in [0, 0.1) is 0 Å². The van der Waals surface area contributed by atoms with Crippen molar-refractivity contribution in [1.82, 2.24) is 19.5 Å². The molecule has 12 nitrogen and oxygen atoms in total. The molecule has 2 aromatic rings. The number of aliphatic imine (C=N–C) groups is 1. The van der Waals surface area contributed by atoms with Crippen molar-refractivity contribution in [2.45, 2.75) is 57.2 Å². The molecule has 0 aliphatic heterocycles. The second-order valence-electron chi connectivity index (χ2n) is 9.89. The molecule has 6 N–H and O–H groups in total. The van der Waals surface area contributed by atoms with Crippen molar-refractivity contribution >= 4 is 52.5 Å². The highest BCUT2D eigenvalue weighted by Crippen LogP contribution is 2.14. The number of guanidine groups is 1. The monoisotopic (exact) mass is 720 g/mol. The molecule has 0 unspecified atom stereocenters. The summed E-state index contributed by atoms with van der Waals surface area (Å²) in [5.74, 6) is -1.17. The Hall–Kier alpha value is -4.14. The van der Waals surface area contributed by atoms with Crippen LogP contribution in [0.1, 0.15) is 37.3 Å². The van der Waals surface area contributed by atoms with E-state index in [-0.39, 0.29) is 25.2 Å². The SMILES string of the molecule is C=CCOc1ccc(C[C@H](NC(C)=O)C(=O)N[C@@H](CCCCN=C(N)NI)C(=O)N[C@@H](Cc2ccccc2)C(=O)OC)cc1. The third-order valence-corrected chi connectivity index (χ3v) is 6.98. The van der Waals surface area contributed by atoms with E-state index < -0.39 is 41.8 Å². The van der Waals surface area contributed by atoms with Crippen LogP contribution >= 0.6 is 22.9 Å². The highest BCUT2D eigenvalue weighted by Gasteiger charge is 2.30. The van der Waals surface area contributed by atoms with Crippen LogP contribution in [0.3, 0.4) is 0 Å². The first-order chi connectivity index (χ1) is 21.2. The summed E-state index contributed by atoms with van der Waals surface area (Å²) in [4.78, 5) is 55.8. The Balaban J connectivity index is 2.21. The van der Waals surface area contributed by atoms with Gasteiger partial charge in [-0.1, -0.05) is 55.1 Å². The van der Waals surface area contributed by atoms with Gasteiger partial charge in [-0.05, 0) is 42.5 Å². The van der Waals surface area contributed by atoms with Gasteiger partial charge in [0.15, 0.2) is 5.96 Å². The van der Waals surface area contributed by atoms with Crippen molar-refractivity contribution in [2.24, 2.45) is 10.7 Å². The number of ether oxygens (including phenoxy) is 2. The maximum Gasteiger partial charge on any atom is 0.328 e. The van der Waals surface area contributed by atoms with E-state index in [1.807, 2.05) is 53.2 Å². The Bertz CT molecular complexity index is 1260. The number of amides is 3. The average molecular weight is 721 g/mol. The number of nitrogens with two attached hydrogens (primary N) is 1. The summed E-state index contributed by atoms with van der Waals surface area (Å²) in [7, 11) is 1.25. The molecule has 0 radical (unpaired) electrons. The van der Waals surface area contributed by atoms with Crippen molar-refractivity contribution < 1.29 is 28.7 Å². The lowest BCUT2D eigenvalue weighted by Gasteiger charge is -2.25. The van der Waals surface area contributed by atoms with Crippen LogP contribution in [0.4, 0.5) is 0 Å². The maximum absolute atomic E-state index is 13.5. The Labute approximate surface area is 272 Å². The maximum atomic E-state index is 13.5. The van der Waals surface area contributed by atoms with Gasteiger partial charge in [-0.15, -0.1) is 0 Å². The summed E-state index contributed by atoms with van der Waals surface area (Å²) < 4.78 is 13.2. The molecular formula is C31H41IN6O6. The first-order valence-corrected chi connectivity index (χ1v) is 15.2. The molecule has 3 amide bonds. The molecule has 0 fully saturated rings. The Morgan fingerprint density at radius 3 is 2.14 bits per heavy atom. The van der Waals surface area contributed by atoms with Gasteiger partial charge >= 0.3 is 5.97 Å². The number of benzene rings is 2. The fraction of sp³-hybridized carbons (Fsp3) is 0.387. The standard InChI is InChI=1S/C31H41IN6O6/c1-4-18-44-24-15-13-23(14-16-24)19-26(35-21(2)39)29(41)36-25(12-8-9-17-34-31(33)38-32)28(40)37-27(30(42)43-3)20-22-10-6-5-7-11-22/h4-7,10-11,13-16,25-27H,1,8-9,12,17-20H2,2-3H3,(H,35,39)(H,36,41)(H,37,40)(H3,33,34,38)/t25-,26-,27-/m0/s1. The van der Waals surface area contributed by atoms with Crippen molar-refractivity contribution in [2.75, 3.05) is 20.3 Å². The van der Waals surface area contributed by atoms with Gasteiger partial charge in [-0.3, -0.25) is 22.9 Å². The van der Waals surface area contributed by atoms with Crippen LogP contribution in [0.15, 0.2) is 72.2 Å². The molecule has 0 aromatic heterocycles. The Kier molecular flexibility index (Phi) is 16.3. The van der Waals surface area contributed by atoms with Crippen LogP contribution in [0.2, 0.25) is 0 Å². The number of nitrogens with one attached hydrogen (secondary N) is 4. The summed E-state index contributed by atoms with van der Waals surface area (Å²) in [6, 6.07) is 13.4. The predicted octanol–water partition coefficient (Wildman–Crippen LogP) is 2.11. The van der Waals surface area contributed by atoms with Crippen LogP contribution in [-0.4, -0.2) is 68.0 Å². The van der Waals surface area contributed by atoms with Crippen LogP contribution in [0.25, 0.3) is 0 Å². The lowest BCUT2D eigenvalue weighted by molar-refractivity contribution is -0.145. The number of carbonyl (C=O) groups excluding carboxylic acids is 4. The van der Waals surface area contributed by atoms with Gasteiger partial charge in [0.1, 0.15) is 30.5 Å². The minimum atomic E-state index is -1.000. The first-order valence-electron chi connectivity index (χ1n) is 14.2. The fourth-order valence-electron chi connectivity index (χ4n) is 4.26. The highest BCUT2D eigenvalue weighted by molar-refractivity contribution is 14.1. The molecule has 0 bridgehead atoms. The Morgan fingerprint density at radius 2 is 1.52 bits per heavy atom. The topological polar surface area (TPSA) is 173 Å². The van der Waals surface area contributed by atoms with E-state index in [1.54, 1.807) is 30.3 Å².